The van der Waals surface area contributed by atoms with Crippen LogP contribution < -0.4 is 4.74 Å². The van der Waals surface area contributed by atoms with E-state index in [2.05, 4.69) is 30.9 Å². The molecule has 0 saturated carbocycles. The van der Waals surface area contributed by atoms with Crippen LogP contribution in [0.2, 0.25) is 0 Å². The number of ether oxygens (including phenoxy) is 1. The molecule has 0 unspecified atom stereocenters. The molecule has 2 aromatic carbocycles. The Kier molecular flexibility index (Phi) is 4.89. The molecule has 0 N–H and O–H groups in total. The van der Waals surface area contributed by atoms with Gasteiger partial charge in [-0.15, -0.1) is 11.6 Å². The normalized spacial score (nSPS) is 9.58. The Hall–Kier alpha value is -1.91. The van der Waals surface area contributed by atoms with Gasteiger partial charge in [0.1, 0.15) is 12.4 Å². The van der Waals surface area contributed by atoms with Crippen molar-refractivity contribution < 1.29 is 4.74 Å². The Labute approximate surface area is 119 Å². The minimum atomic E-state index is 0.342. The van der Waals surface area contributed by atoms with Crippen molar-refractivity contribution in [1.82, 2.24) is 0 Å². The lowest BCUT2D eigenvalue weighted by atomic mass is 10.1. The summed E-state index contributed by atoms with van der Waals surface area (Å²) in [5, 5.41) is 0. The largest absolute Gasteiger partial charge is 0.489 e. The maximum absolute atomic E-state index is 5.79. The van der Waals surface area contributed by atoms with Crippen LogP contribution in [-0.4, -0.2) is 5.88 Å². The number of hydrogen-bond donors (Lipinski definition) is 0. The number of rotatable bonds is 3. The van der Waals surface area contributed by atoms with Crippen molar-refractivity contribution in [3.63, 3.8) is 0 Å². The van der Waals surface area contributed by atoms with Gasteiger partial charge in [0.25, 0.3) is 0 Å². The molecule has 2 heteroatoms. The standard InChI is InChI=1S/C17H15ClO/c1-14-6-2-3-9-16(14)13-19-17-10-4-7-15(12-17)8-5-11-18/h2-4,6-7,9-10,12H,11,13H2,1H3. The second kappa shape index (κ2) is 6.87. The van der Waals surface area contributed by atoms with Crippen molar-refractivity contribution in [3.05, 3.63) is 65.2 Å². The first-order valence-corrected chi connectivity index (χ1v) is 6.65. The van der Waals surface area contributed by atoms with Crippen LogP contribution >= 0.6 is 11.6 Å². The van der Waals surface area contributed by atoms with Gasteiger partial charge in [0.15, 0.2) is 0 Å². The van der Waals surface area contributed by atoms with Crippen LogP contribution in [0.25, 0.3) is 0 Å². The first-order chi connectivity index (χ1) is 9.29. The molecule has 0 spiro atoms. The van der Waals surface area contributed by atoms with Crippen LogP contribution in [0.4, 0.5) is 0 Å². The van der Waals surface area contributed by atoms with Crippen molar-refractivity contribution >= 4 is 11.6 Å². The molecule has 96 valence electrons. The Bertz CT molecular complexity index is 608. The first-order valence-electron chi connectivity index (χ1n) is 6.12. The number of halogens is 1. The molecule has 0 saturated heterocycles. The molecule has 0 heterocycles. The van der Waals surface area contributed by atoms with E-state index in [1.807, 2.05) is 36.4 Å². The Balaban J connectivity index is 2.06. The lowest BCUT2D eigenvalue weighted by Crippen LogP contribution is -1.97. The van der Waals surface area contributed by atoms with Gasteiger partial charge in [0.2, 0.25) is 0 Å². The predicted octanol–water partition coefficient (Wildman–Crippen LogP) is 4.16. The van der Waals surface area contributed by atoms with Crippen LogP contribution in [0.5, 0.6) is 5.75 Å². The second-order valence-corrected chi connectivity index (χ2v) is 4.45. The third-order valence-corrected chi connectivity index (χ3v) is 2.92. The summed E-state index contributed by atoms with van der Waals surface area (Å²) < 4.78 is 5.79. The molecule has 0 amide bonds. The molecule has 2 aromatic rings. The molecule has 0 radical (unpaired) electrons. The van der Waals surface area contributed by atoms with Crippen LogP contribution in [0, 0.1) is 18.8 Å². The SMILES string of the molecule is Cc1ccccc1COc1cccc(C#CCCl)c1. The van der Waals surface area contributed by atoms with E-state index < -0.39 is 0 Å². The van der Waals surface area contributed by atoms with Crippen LogP contribution in [0.3, 0.4) is 0 Å². The Morgan fingerprint density at radius 1 is 1.11 bits per heavy atom. The third kappa shape index (κ3) is 4.05. The highest BCUT2D eigenvalue weighted by Gasteiger charge is 1.99. The van der Waals surface area contributed by atoms with E-state index in [9.17, 15) is 0 Å². The maximum Gasteiger partial charge on any atom is 0.121 e. The van der Waals surface area contributed by atoms with E-state index in [0.717, 1.165) is 11.3 Å². The summed E-state index contributed by atoms with van der Waals surface area (Å²) >= 11 is 5.54. The Morgan fingerprint density at radius 2 is 1.95 bits per heavy atom. The highest BCUT2D eigenvalue weighted by Crippen LogP contribution is 2.16. The van der Waals surface area contributed by atoms with Gasteiger partial charge in [-0.2, -0.15) is 0 Å². The summed E-state index contributed by atoms with van der Waals surface area (Å²) in [6.07, 6.45) is 0. The van der Waals surface area contributed by atoms with E-state index in [1.165, 1.54) is 11.1 Å². The Morgan fingerprint density at radius 3 is 2.74 bits per heavy atom. The number of benzene rings is 2. The number of alkyl halides is 1. The summed E-state index contributed by atoms with van der Waals surface area (Å²) in [7, 11) is 0. The minimum Gasteiger partial charge on any atom is -0.489 e. The molecule has 2 rings (SSSR count). The van der Waals surface area contributed by atoms with Crippen molar-refractivity contribution in [2.45, 2.75) is 13.5 Å². The fourth-order valence-corrected chi connectivity index (χ4v) is 1.80. The minimum absolute atomic E-state index is 0.342. The van der Waals surface area contributed by atoms with Crippen molar-refractivity contribution in [3.8, 4) is 17.6 Å². The molecule has 0 aliphatic heterocycles. The van der Waals surface area contributed by atoms with Gasteiger partial charge >= 0.3 is 0 Å². The van der Waals surface area contributed by atoms with Crippen LogP contribution in [0.15, 0.2) is 48.5 Å². The van der Waals surface area contributed by atoms with Crippen molar-refractivity contribution in [2.75, 3.05) is 5.88 Å². The number of hydrogen-bond acceptors (Lipinski definition) is 1. The van der Waals surface area contributed by atoms with Gasteiger partial charge in [-0.05, 0) is 36.2 Å². The molecule has 0 aliphatic carbocycles. The van der Waals surface area contributed by atoms with E-state index in [1.54, 1.807) is 0 Å². The zero-order valence-corrected chi connectivity index (χ0v) is 11.6. The fourth-order valence-electron chi connectivity index (χ4n) is 1.73. The highest BCUT2D eigenvalue weighted by atomic mass is 35.5. The molecule has 0 atom stereocenters. The lowest BCUT2D eigenvalue weighted by Gasteiger charge is -2.08. The van der Waals surface area contributed by atoms with Gasteiger partial charge in [-0.25, -0.2) is 0 Å². The van der Waals surface area contributed by atoms with Crippen molar-refractivity contribution in [1.29, 1.82) is 0 Å². The second-order valence-electron chi connectivity index (χ2n) is 4.18. The van der Waals surface area contributed by atoms with Crippen LogP contribution in [-0.2, 0) is 6.61 Å². The molecule has 0 aliphatic rings. The lowest BCUT2D eigenvalue weighted by molar-refractivity contribution is 0.305. The maximum atomic E-state index is 5.79. The fraction of sp³-hybridized carbons (Fsp3) is 0.176. The van der Waals surface area contributed by atoms with E-state index >= 15 is 0 Å². The molecule has 0 fully saturated rings. The van der Waals surface area contributed by atoms with Gasteiger partial charge in [-0.1, -0.05) is 42.2 Å². The molecule has 0 bridgehead atoms. The zero-order chi connectivity index (χ0) is 13.5. The van der Waals surface area contributed by atoms with Gasteiger partial charge in [0.05, 0.1) is 5.88 Å². The summed E-state index contributed by atoms with van der Waals surface area (Å²) in [4.78, 5) is 0. The number of aryl methyl sites for hydroxylation is 1. The van der Waals surface area contributed by atoms with Gasteiger partial charge < -0.3 is 4.74 Å². The van der Waals surface area contributed by atoms with E-state index in [-0.39, 0.29) is 0 Å². The summed E-state index contributed by atoms with van der Waals surface area (Å²) in [6, 6.07) is 16.0. The third-order valence-electron chi connectivity index (χ3n) is 2.79. The summed E-state index contributed by atoms with van der Waals surface area (Å²) in [5.74, 6) is 6.98. The average molecular weight is 271 g/mol. The molecular formula is C17H15ClO. The van der Waals surface area contributed by atoms with Crippen LogP contribution in [0.1, 0.15) is 16.7 Å². The van der Waals surface area contributed by atoms with Gasteiger partial charge in [0, 0.05) is 5.56 Å². The molecule has 0 aromatic heterocycles. The summed E-state index contributed by atoms with van der Waals surface area (Å²) in [5.41, 5.74) is 3.35. The highest BCUT2D eigenvalue weighted by molar-refractivity contribution is 6.19. The molecular weight excluding hydrogens is 256 g/mol. The molecule has 19 heavy (non-hydrogen) atoms. The first kappa shape index (κ1) is 13.5. The monoisotopic (exact) mass is 270 g/mol. The van der Waals surface area contributed by atoms with E-state index in [0.29, 0.717) is 12.5 Å². The van der Waals surface area contributed by atoms with E-state index in [4.69, 9.17) is 16.3 Å². The quantitative estimate of drug-likeness (QED) is 0.601. The van der Waals surface area contributed by atoms with Crippen molar-refractivity contribution in [2.24, 2.45) is 0 Å². The topological polar surface area (TPSA) is 9.23 Å². The zero-order valence-electron chi connectivity index (χ0n) is 10.8. The smallest absolute Gasteiger partial charge is 0.121 e. The van der Waals surface area contributed by atoms with Gasteiger partial charge in [-0.3, -0.25) is 0 Å². The summed E-state index contributed by atoms with van der Waals surface area (Å²) in [6.45, 7) is 2.65. The average Bonchev–Trinajstić information content (AvgIpc) is 2.45. The predicted molar refractivity (Wildman–Crippen MR) is 79.6 cm³/mol. The molecule has 1 nitrogen and oxygen atoms in total.